The van der Waals surface area contributed by atoms with E-state index in [2.05, 4.69) is 13.0 Å². The summed E-state index contributed by atoms with van der Waals surface area (Å²) in [5, 5.41) is 9.59. The molecule has 1 saturated heterocycles. The molecule has 0 spiro atoms. The second-order valence-corrected chi connectivity index (χ2v) is 7.71. The van der Waals surface area contributed by atoms with Crippen LogP contribution in [-0.2, 0) is 12.8 Å². The lowest BCUT2D eigenvalue weighted by Gasteiger charge is -2.40. The van der Waals surface area contributed by atoms with Crippen LogP contribution in [0.5, 0.6) is 0 Å². The Kier molecular flexibility index (Phi) is 4.36. The Bertz CT molecular complexity index is 485. The molecule has 1 N–H and O–H groups in total. The lowest BCUT2D eigenvalue weighted by Crippen LogP contribution is -2.44. The number of hydrogen-bond acceptors (Lipinski definition) is 3. The van der Waals surface area contributed by atoms with Crippen molar-refractivity contribution in [3.05, 3.63) is 21.4 Å². The van der Waals surface area contributed by atoms with Crippen molar-refractivity contribution in [3.8, 4) is 0 Å². The number of aliphatic hydroxyl groups excluding tert-OH is 1. The third-order valence-corrected chi connectivity index (χ3v) is 6.63. The lowest BCUT2D eigenvalue weighted by molar-refractivity contribution is 0.0341. The van der Waals surface area contributed by atoms with Crippen LogP contribution in [0.4, 0.5) is 0 Å². The largest absolute Gasteiger partial charge is 0.396 e. The molecule has 21 heavy (non-hydrogen) atoms. The molecule has 2 aliphatic rings. The van der Waals surface area contributed by atoms with Crippen LogP contribution in [0.3, 0.4) is 0 Å². The summed E-state index contributed by atoms with van der Waals surface area (Å²) < 4.78 is 0. The summed E-state index contributed by atoms with van der Waals surface area (Å²) in [5.74, 6) is 0.206. The second-order valence-electron chi connectivity index (χ2n) is 6.57. The van der Waals surface area contributed by atoms with Crippen molar-refractivity contribution in [2.45, 2.75) is 51.9 Å². The molecular formula is C17H25NO2S. The number of rotatable bonds is 3. The summed E-state index contributed by atoms with van der Waals surface area (Å²) in [5.41, 5.74) is 1.45. The summed E-state index contributed by atoms with van der Waals surface area (Å²) in [7, 11) is 0. The van der Waals surface area contributed by atoms with Gasteiger partial charge >= 0.3 is 0 Å². The molecule has 116 valence electrons. The Morgan fingerprint density at radius 3 is 2.67 bits per heavy atom. The zero-order valence-corrected chi connectivity index (χ0v) is 13.7. The smallest absolute Gasteiger partial charge is 0.263 e. The second kappa shape index (κ2) is 6.09. The quantitative estimate of drug-likeness (QED) is 0.931. The van der Waals surface area contributed by atoms with E-state index in [4.69, 9.17) is 0 Å². The molecule has 0 atom stereocenters. The Balaban J connectivity index is 1.68. The van der Waals surface area contributed by atoms with Crippen LogP contribution in [-0.4, -0.2) is 35.6 Å². The zero-order valence-electron chi connectivity index (χ0n) is 12.9. The van der Waals surface area contributed by atoms with Gasteiger partial charge in [0.1, 0.15) is 0 Å². The summed E-state index contributed by atoms with van der Waals surface area (Å²) in [4.78, 5) is 17.0. The van der Waals surface area contributed by atoms with Gasteiger partial charge in [-0.05, 0) is 62.0 Å². The first-order valence-corrected chi connectivity index (χ1v) is 9.01. The van der Waals surface area contributed by atoms with Gasteiger partial charge in [-0.25, -0.2) is 0 Å². The molecule has 2 heterocycles. The van der Waals surface area contributed by atoms with Crippen LogP contribution in [0.25, 0.3) is 0 Å². The van der Waals surface area contributed by atoms with E-state index in [0.717, 1.165) is 50.1 Å². The molecule has 0 unspecified atom stereocenters. The highest BCUT2D eigenvalue weighted by molar-refractivity contribution is 7.14. The zero-order chi connectivity index (χ0) is 14.9. The number of nitrogens with zero attached hydrogens (tertiary/aromatic N) is 1. The predicted molar refractivity (Wildman–Crippen MR) is 85.9 cm³/mol. The number of fused-ring (bicyclic) bond motifs is 1. The first kappa shape index (κ1) is 15.0. The third-order valence-electron chi connectivity index (χ3n) is 5.40. The van der Waals surface area contributed by atoms with Gasteiger partial charge in [0, 0.05) is 24.6 Å². The minimum atomic E-state index is 0.0471. The van der Waals surface area contributed by atoms with E-state index >= 15 is 0 Å². The number of likely N-dealkylation sites (tertiary alicyclic amines) is 1. The van der Waals surface area contributed by atoms with Gasteiger partial charge < -0.3 is 10.0 Å². The first-order valence-electron chi connectivity index (χ1n) is 8.19. The van der Waals surface area contributed by atoms with Crippen molar-refractivity contribution in [3.63, 3.8) is 0 Å². The molecule has 1 aliphatic heterocycles. The van der Waals surface area contributed by atoms with E-state index in [0.29, 0.717) is 0 Å². The van der Waals surface area contributed by atoms with Crippen molar-refractivity contribution in [1.29, 1.82) is 0 Å². The van der Waals surface area contributed by atoms with Crippen LogP contribution in [0.2, 0.25) is 0 Å². The fourth-order valence-electron chi connectivity index (χ4n) is 3.56. The average Bonchev–Trinajstić information content (AvgIpc) is 2.98. The van der Waals surface area contributed by atoms with Crippen LogP contribution < -0.4 is 0 Å². The highest BCUT2D eigenvalue weighted by Crippen LogP contribution is 2.36. The Morgan fingerprint density at radius 2 is 2.05 bits per heavy atom. The van der Waals surface area contributed by atoms with Crippen LogP contribution in [0.15, 0.2) is 6.07 Å². The number of carbonyl (C=O) groups excluding carboxylic acids is 1. The maximum Gasteiger partial charge on any atom is 0.263 e. The lowest BCUT2D eigenvalue weighted by atomic mass is 9.77. The Hall–Kier alpha value is -0.870. The number of aliphatic hydroxyl groups is 1. The van der Waals surface area contributed by atoms with Crippen molar-refractivity contribution in [2.75, 3.05) is 19.7 Å². The van der Waals surface area contributed by atoms with Gasteiger partial charge in [0.2, 0.25) is 0 Å². The van der Waals surface area contributed by atoms with Gasteiger partial charge in [-0.3, -0.25) is 4.79 Å². The minimum Gasteiger partial charge on any atom is -0.396 e. The number of carbonyl (C=O) groups is 1. The van der Waals surface area contributed by atoms with Crippen LogP contribution >= 0.6 is 11.3 Å². The number of thiophene rings is 1. The summed E-state index contributed by atoms with van der Waals surface area (Å²) in [6.45, 7) is 3.96. The molecule has 4 heteroatoms. The van der Waals surface area contributed by atoms with E-state index in [1.165, 1.54) is 23.3 Å². The van der Waals surface area contributed by atoms with Crippen molar-refractivity contribution < 1.29 is 9.90 Å². The fourth-order valence-corrected chi connectivity index (χ4v) is 4.78. The molecule has 0 saturated carbocycles. The van der Waals surface area contributed by atoms with Crippen LogP contribution in [0, 0.1) is 5.41 Å². The fraction of sp³-hybridized carbons (Fsp3) is 0.706. The van der Waals surface area contributed by atoms with Crippen molar-refractivity contribution in [2.24, 2.45) is 5.41 Å². The molecule has 1 aromatic rings. The molecule has 0 radical (unpaired) electrons. The summed E-state index contributed by atoms with van der Waals surface area (Å²) >= 11 is 1.71. The topological polar surface area (TPSA) is 40.5 Å². The van der Waals surface area contributed by atoms with Gasteiger partial charge in [-0.15, -0.1) is 11.3 Å². The van der Waals surface area contributed by atoms with Gasteiger partial charge in [0.25, 0.3) is 5.91 Å². The molecule has 1 fully saturated rings. The third kappa shape index (κ3) is 2.88. The van der Waals surface area contributed by atoms with Gasteiger partial charge in [-0.2, -0.15) is 0 Å². The number of hydrogen-bond donors (Lipinski definition) is 1. The monoisotopic (exact) mass is 307 g/mol. The molecule has 0 aromatic carbocycles. The van der Waals surface area contributed by atoms with Crippen molar-refractivity contribution >= 4 is 17.2 Å². The van der Waals surface area contributed by atoms with E-state index in [-0.39, 0.29) is 17.9 Å². The van der Waals surface area contributed by atoms with E-state index in [1.54, 1.807) is 11.3 Å². The number of aryl methyl sites for hydroxylation is 2. The minimum absolute atomic E-state index is 0.0471. The Labute approximate surface area is 131 Å². The molecule has 0 bridgehead atoms. The molecule has 1 aliphatic carbocycles. The van der Waals surface area contributed by atoms with E-state index in [9.17, 15) is 9.90 Å². The standard InChI is InChI=1S/C17H25NO2S/c1-2-17(12-19)7-9-18(10-8-17)16(20)15-11-13-5-3-4-6-14(13)21-15/h11,19H,2-10,12H2,1H3. The van der Waals surface area contributed by atoms with Crippen LogP contribution in [0.1, 0.15) is 59.1 Å². The molecular weight excluding hydrogens is 282 g/mol. The van der Waals surface area contributed by atoms with Gasteiger partial charge in [0.05, 0.1) is 4.88 Å². The first-order chi connectivity index (χ1) is 10.2. The maximum atomic E-state index is 12.7. The number of amides is 1. The highest BCUT2D eigenvalue weighted by atomic mass is 32.1. The maximum absolute atomic E-state index is 12.7. The van der Waals surface area contributed by atoms with E-state index < -0.39 is 0 Å². The molecule has 1 amide bonds. The normalized spacial score (nSPS) is 21.1. The number of piperidine rings is 1. The predicted octanol–water partition coefficient (Wildman–Crippen LogP) is 3.25. The van der Waals surface area contributed by atoms with Gasteiger partial charge in [0.15, 0.2) is 0 Å². The van der Waals surface area contributed by atoms with Crippen molar-refractivity contribution in [1.82, 2.24) is 4.90 Å². The average molecular weight is 307 g/mol. The van der Waals surface area contributed by atoms with E-state index in [1.807, 2.05) is 4.90 Å². The summed E-state index contributed by atoms with van der Waals surface area (Å²) in [6, 6.07) is 2.13. The molecule has 1 aromatic heterocycles. The van der Waals surface area contributed by atoms with Gasteiger partial charge in [-0.1, -0.05) is 6.92 Å². The summed E-state index contributed by atoms with van der Waals surface area (Å²) in [6.07, 6.45) is 7.67. The SMILES string of the molecule is CCC1(CO)CCN(C(=O)c2cc3c(s2)CCCC3)CC1. The molecule has 3 nitrogen and oxygen atoms in total. The highest BCUT2D eigenvalue weighted by Gasteiger charge is 2.34. The molecule has 3 rings (SSSR count). The Morgan fingerprint density at radius 1 is 1.33 bits per heavy atom.